The fourth-order valence-electron chi connectivity index (χ4n) is 2.50. The lowest BCUT2D eigenvalue weighted by Gasteiger charge is -2.26. The number of hydrogen-bond donors (Lipinski definition) is 0. The average molecular weight is 311 g/mol. The maximum atomic E-state index is 13.8. The molecular formula is C16H13Cl2FO. The second-order valence-corrected chi connectivity index (χ2v) is 5.88. The van der Waals surface area contributed by atoms with E-state index >= 15 is 0 Å². The smallest absolute Gasteiger partial charge is 0.130 e. The van der Waals surface area contributed by atoms with Crippen molar-refractivity contribution in [3.63, 3.8) is 0 Å². The minimum Gasteiger partial charge on any atom is -0.490 e. The van der Waals surface area contributed by atoms with Gasteiger partial charge in [-0.2, -0.15) is 0 Å². The van der Waals surface area contributed by atoms with Gasteiger partial charge in [0.15, 0.2) is 0 Å². The predicted octanol–water partition coefficient (Wildman–Crippen LogP) is 5.51. The predicted molar refractivity (Wildman–Crippen MR) is 80.3 cm³/mol. The lowest BCUT2D eigenvalue weighted by Crippen LogP contribution is -2.19. The number of ether oxygens (including phenoxy) is 1. The van der Waals surface area contributed by atoms with Crippen LogP contribution >= 0.6 is 23.2 Å². The summed E-state index contributed by atoms with van der Waals surface area (Å²) in [5, 5.41) is 1.09. The third kappa shape index (κ3) is 2.50. The summed E-state index contributed by atoms with van der Waals surface area (Å²) in [7, 11) is 0. The van der Waals surface area contributed by atoms with Gasteiger partial charge in [-0.25, -0.2) is 4.39 Å². The van der Waals surface area contributed by atoms with E-state index in [1.165, 1.54) is 12.1 Å². The maximum Gasteiger partial charge on any atom is 0.130 e. The van der Waals surface area contributed by atoms with Gasteiger partial charge in [0.25, 0.3) is 0 Å². The molecule has 1 aliphatic rings. The zero-order chi connectivity index (χ0) is 14.3. The summed E-state index contributed by atoms with van der Waals surface area (Å²) in [4.78, 5) is 0. The van der Waals surface area contributed by atoms with Crippen LogP contribution in [0.5, 0.6) is 5.75 Å². The Balaban J connectivity index is 2.23. The van der Waals surface area contributed by atoms with Crippen LogP contribution in [0.3, 0.4) is 0 Å². The molecule has 0 aromatic heterocycles. The molecule has 0 N–H and O–H groups in total. The first-order valence-electron chi connectivity index (χ1n) is 6.49. The van der Waals surface area contributed by atoms with Crippen LogP contribution in [0.25, 0.3) is 11.1 Å². The zero-order valence-electron chi connectivity index (χ0n) is 10.9. The molecule has 1 unspecified atom stereocenters. The largest absolute Gasteiger partial charge is 0.490 e. The Morgan fingerprint density at radius 2 is 1.95 bits per heavy atom. The van der Waals surface area contributed by atoms with Gasteiger partial charge in [-0.05, 0) is 55.7 Å². The van der Waals surface area contributed by atoms with Crippen LogP contribution in [0.4, 0.5) is 4.39 Å². The molecule has 104 valence electrons. The lowest BCUT2D eigenvalue weighted by molar-refractivity contribution is 0.193. The number of rotatable bonds is 1. The number of halogens is 3. The summed E-state index contributed by atoms with van der Waals surface area (Å²) in [6, 6.07) is 8.14. The highest BCUT2D eigenvalue weighted by molar-refractivity contribution is 6.35. The van der Waals surface area contributed by atoms with Gasteiger partial charge in [0.05, 0.1) is 6.10 Å². The molecular weight excluding hydrogens is 298 g/mol. The third-order valence-corrected chi connectivity index (χ3v) is 4.05. The highest BCUT2D eigenvalue weighted by Gasteiger charge is 2.22. The Bertz CT molecular complexity index is 670. The number of benzene rings is 2. The molecule has 2 aromatic carbocycles. The lowest BCUT2D eigenvalue weighted by atomic mass is 9.95. The van der Waals surface area contributed by atoms with Gasteiger partial charge in [-0.15, -0.1) is 0 Å². The normalized spacial score (nSPS) is 17.5. The van der Waals surface area contributed by atoms with Crippen LogP contribution in [0, 0.1) is 5.82 Å². The molecule has 0 saturated carbocycles. The van der Waals surface area contributed by atoms with E-state index in [0.717, 1.165) is 18.4 Å². The fraction of sp³-hybridized carbons (Fsp3) is 0.250. The van der Waals surface area contributed by atoms with Crippen LogP contribution in [-0.4, -0.2) is 6.10 Å². The standard InChI is InChI=1S/C16H13Cl2FO/c1-9-2-3-10-6-12(19)8-14(16(10)20-9)13-7-11(17)4-5-15(13)18/h4-9H,2-3H2,1H3. The van der Waals surface area contributed by atoms with Gasteiger partial charge in [0.1, 0.15) is 11.6 Å². The number of hydrogen-bond acceptors (Lipinski definition) is 1. The molecule has 0 bridgehead atoms. The molecule has 0 fully saturated rings. The van der Waals surface area contributed by atoms with Gasteiger partial charge in [0.2, 0.25) is 0 Å². The molecule has 3 rings (SSSR count). The van der Waals surface area contributed by atoms with Gasteiger partial charge in [0, 0.05) is 21.2 Å². The van der Waals surface area contributed by atoms with Crippen molar-refractivity contribution in [1.29, 1.82) is 0 Å². The molecule has 0 radical (unpaired) electrons. The van der Waals surface area contributed by atoms with Crippen LogP contribution in [0.15, 0.2) is 30.3 Å². The Labute approximate surface area is 127 Å². The molecule has 1 heterocycles. The second kappa shape index (κ2) is 5.27. The molecule has 0 spiro atoms. The van der Waals surface area contributed by atoms with Gasteiger partial charge in [-0.1, -0.05) is 23.2 Å². The van der Waals surface area contributed by atoms with E-state index in [1.807, 2.05) is 6.92 Å². The molecule has 20 heavy (non-hydrogen) atoms. The number of fused-ring (bicyclic) bond motifs is 1. The summed E-state index contributed by atoms with van der Waals surface area (Å²) in [6.07, 6.45) is 1.81. The van der Waals surface area contributed by atoms with E-state index in [0.29, 0.717) is 26.9 Å². The van der Waals surface area contributed by atoms with Crippen molar-refractivity contribution < 1.29 is 9.13 Å². The van der Waals surface area contributed by atoms with Gasteiger partial charge >= 0.3 is 0 Å². The van der Waals surface area contributed by atoms with Crippen molar-refractivity contribution in [2.24, 2.45) is 0 Å². The summed E-state index contributed by atoms with van der Waals surface area (Å²) in [6.45, 7) is 2.01. The fourth-order valence-corrected chi connectivity index (χ4v) is 2.89. The first-order valence-corrected chi connectivity index (χ1v) is 7.24. The van der Waals surface area contributed by atoms with E-state index in [2.05, 4.69) is 0 Å². The van der Waals surface area contributed by atoms with Crippen molar-refractivity contribution in [2.75, 3.05) is 0 Å². The summed E-state index contributed by atoms with van der Waals surface area (Å²) >= 11 is 12.3. The molecule has 0 aliphatic carbocycles. The third-order valence-electron chi connectivity index (χ3n) is 3.49. The summed E-state index contributed by atoms with van der Waals surface area (Å²) in [5.74, 6) is 0.433. The molecule has 0 saturated heterocycles. The SMILES string of the molecule is CC1CCc2cc(F)cc(-c3cc(Cl)ccc3Cl)c2O1. The van der Waals surface area contributed by atoms with Gasteiger partial charge in [-0.3, -0.25) is 0 Å². The van der Waals surface area contributed by atoms with E-state index in [-0.39, 0.29) is 11.9 Å². The zero-order valence-corrected chi connectivity index (χ0v) is 12.4. The first kappa shape index (κ1) is 13.7. The summed E-state index contributed by atoms with van der Waals surface area (Å²) in [5.41, 5.74) is 2.25. The van der Waals surface area contributed by atoms with Gasteiger partial charge < -0.3 is 4.74 Å². The highest BCUT2D eigenvalue weighted by Crippen LogP contribution is 2.41. The Morgan fingerprint density at radius 1 is 1.15 bits per heavy atom. The molecule has 4 heteroatoms. The van der Waals surface area contributed by atoms with Crippen LogP contribution in [0.2, 0.25) is 10.0 Å². The van der Waals surface area contributed by atoms with Crippen LogP contribution < -0.4 is 4.74 Å². The monoisotopic (exact) mass is 310 g/mol. The highest BCUT2D eigenvalue weighted by atomic mass is 35.5. The molecule has 1 nitrogen and oxygen atoms in total. The van der Waals surface area contributed by atoms with Crippen LogP contribution in [0.1, 0.15) is 18.9 Å². The number of aryl methyl sites for hydroxylation is 1. The van der Waals surface area contributed by atoms with E-state index < -0.39 is 0 Å². The van der Waals surface area contributed by atoms with Crippen molar-refractivity contribution >= 4 is 23.2 Å². The van der Waals surface area contributed by atoms with Crippen LogP contribution in [-0.2, 0) is 6.42 Å². The minimum atomic E-state index is -0.284. The molecule has 1 atom stereocenters. The Kier molecular flexibility index (Phi) is 3.61. The molecule has 0 amide bonds. The van der Waals surface area contributed by atoms with Crippen molar-refractivity contribution in [3.05, 3.63) is 51.8 Å². The average Bonchev–Trinajstić information content (AvgIpc) is 2.41. The second-order valence-electron chi connectivity index (χ2n) is 5.03. The topological polar surface area (TPSA) is 9.23 Å². The minimum absolute atomic E-state index is 0.115. The first-order chi connectivity index (χ1) is 9.54. The Morgan fingerprint density at radius 3 is 2.75 bits per heavy atom. The van der Waals surface area contributed by atoms with Crippen molar-refractivity contribution in [2.45, 2.75) is 25.9 Å². The van der Waals surface area contributed by atoms with E-state index in [1.54, 1.807) is 18.2 Å². The van der Waals surface area contributed by atoms with E-state index in [9.17, 15) is 4.39 Å². The maximum absolute atomic E-state index is 13.8. The molecule has 2 aromatic rings. The quantitative estimate of drug-likeness (QED) is 0.674. The summed E-state index contributed by atoms with van der Waals surface area (Å²) < 4.78 is 19.7. The van der Waals surface area contributed by atoms with E-state index in [4.69, 9.17) is 27.9 Å². The Hall–Kier alpha value is -1.25. The van der Waals surface area contributed by atoms with Crippen molar-refractivity contribution in [3.8, 4) is 16.9 Å². The van der Waals surface area contributed by atoms with Crippen molar-refractivity contribution in [1.82, 2.24) is 0 Å². The molecule has 1 aliphatic heterocycles.